The lowest BCUT2D eigenvalue weighted by Gasteiger charge is -2.44. The van der Waals surface area contributed by atoms with E-state index in [0.29, 0.717) is 24.0 Å². The fraction of sp³-hybridized carbons (Fsp3) is 0.333. The maximum Gasteiger partial charge on any atom is 0.234 e. The zero-order valence-electron chi connectivity index (χ0n) is 24.3. The number of amides is 4. The highest BCUT2D eigenvalue weighted by molar-refractivity contribution is 6.08. The van der Waals surface area contributed by atoms with E-state index in [0.717, 1.165) is 22.3 Å². The Labute approximate surface area is 250 Å². The average Bonchev–Trinajstić information content (AvgIpc) is 3.39. The molecule has 0 bridgehead atoms. The first kappa shape index (κ1) is 27.3. The summed E-state index contributed by atoms with van der Waals surface area (Å²) in [6.07, 6.45) is 2.85. The molecule has 6 atom stereocenters. The number of allylic oxidation sites excluding steroid dienone is 2. The highest BCUT2D eigenvalue weighted by Gasteiger charge is 2.61. The summed E-state index contributed by atoms with van der Waals surface area (Å²) >= 11 is 0. The molecule has 4 aliphatic rings. The monoisotopic (exact) mass is 574 g/mol. The van der Waals surface area contributed by atoms with Crippen molar-refractivity contribution in [2.75, 3.05) is 0 Å². The van der Waals surface area contributed by atoms with Gasteiger partial charge in [-0.3, -0.25) is 29.0 Å². The molecule has 0 aromatic heterocycles. The molecule has 218 valence electrons. The van der Waals surface area contributed by atoms with Gasteiger partial charge in [-0.05, 0) is 60.4 Å². The number of aromatic hydroxyl groups is 1. The number of aryl methyl sites for hydroxylation is 2. The van der Waals surface area contributed by atoms with Crippen LogP contribution in [0.15, 0.2) is 84.4 Å². The molecule has 2 heterocycles. The molecule has 7 nitrogen and oxygen atoms in total. The van der Waals surface area contributed by atoms with Gasteiger partial charge in [0, 0.05) is 5.92 Å². The van der Waals surface area contributed by atoms with Gasteiger partial charge in [0.15, 0.2) is 0 Å². The van der Waals surface area contributed by atoms with Crippen molar-refractivity contribution < 1.29 is 24.3 Å². The summed E-state index contributed by atoms with van der Waals surface area (Å²) < 4.78 is 0. The summed E-state index contributed by atoms with van der Waals surface area (Å²) in [4.78, 5) is 58.6. The predicted octanol–water partition coefficient (Wildman–Crippen LogP) is 5.05. The molecule has 3 aromatic carbocycles. The third-order valence-corrected chi connectivity index (χ3v) is 10.1. The first-order valence-corrected chi connectivity index (χ1v) is 15.0. The first-order chi connectivity index (χ1) is 20.7. The summed E-state index contributed by atoms with van der Waals surface area (Å²) in [5.41, 5.74) is 4.99. The second-order valence-corrected chi connectivity index (χ2v) is 12.5. The van der Waals surface area contributed by atoms with Gasteiger partial charge >= 0.3 is 0 Å². The number of rotatable bonds is 5. The zero-order chi connectivity index (χ0) is 30.0. The molecule has 2 saturated heterocycles. The van der Waals surface area contributed by atoms with Gasteiger partial charge in [0.2, 0.25) is 23.6 Å². The van der Waals surface area contributed by atoms with Crippen molar-refractivity contribution in [2.24, 2.45) is 29.6 Å². The molecule has 2 aliphatic heterocycles. The number of carbonyl (C=O) groups excluding carboxylic acids is 4. The van der Waals surface area contributed by atoms with Crippen LogP contribution in [0.25, 0.3) is 0 Å². The predicted molar refractivity (Wildman–Crippen MR) is 159 cm³/mol. The molecule has 1 saturated carbocycles. The maximum atomic E-state index is 14.1. The first-order valence-electron chi connectivity index (χ1n) is 15.0. The lowest BCUT2D eigenvalue weighted by molar-refractivity contribution is -0.142. The van der Waals surface area contributed by atoms with Gasteiger partial charge in [-0.1, -0.05) is 84.4 Å². The van der Waals surface area contributed by atoms with Gasteiger partial charge in [0.25, 0.3) is 0 Å². The van der Waals surface area contributed by atoms with Gasteiger partial charge in [-0.2, -0.15) is 0 Å². The van der Waals surface area contributed by atoms with Crippen LogP contribution in [-0.2, 0) is 32.3 Å². The summed E-state index contributed by atoms with van der Waals surface area (Å²) in [5, 5.41) is 10.6. The zero-order valence-corrected chi connectivity index (χ0v) is 24.3. The number of benzene rings is 3. The van der Waals surface area contributed by atoms with Gasteiger partial charge in [-0.25, -0.2) is 0 Å². The van der Waals surface area contributed by atoms with Crippen molar-refractivity contribution in [3.8, 4) is 5.75 Å². The topological polar surface area (TPSA) is 95.0 Å². The molecule has 4 amide bonds. The van der Waals surface area contributed by atoms with Gasteiger partial charge < -0.3 is 5.11 Å². The highest BCUT2D eigenvalue weighted by Crippen LogP contribution is 2.58. The van der Waals surface area contributed by atoms with Crippen molar-refractivity contribution in [2.45, 2.75) is 45.7 Å². The van der Waals surface area contributed by atoms with Crippen molar-refractivity contribution in [1.82, 2.24) is 9.80 Å². The molecule has 2 aliphatic carbocycles. The number of phenols is 1. The molecule has 3 fully saturated rings. The molecule has 3 aromatic rings. The number of phenolic OH excluding ortho intramolecular Hbond substituents is 1. The van der Waals surface area contributed by atoms with Crippen LogP contribution in [0.3, 0.4) is 0 Å². The fourth-order valence-corrected chi connectivity index (χ4v) is 8.11. The second kappa shape index (κ2) is 10.3. The highest BCUT2D eigenvalue weighted by atomic mass is 16.3. The Morgan fingerprint density at radius 2 is 1.19 bits per heavy atom. The summed E-state index contributed by atoms with van der Waals surface area (Å²) in [7, 11) is 0. The van der Waals surface area contributed by atoms with E-state index in [1.54, 1.807) is 0 Å². The van der Waals surface area contributed by atoms with E-state index in [1.165, 1.54) is 9.80 Å². The second-order valence-electron chi connectivity index (χ2n) is 12.5. The van der Waals surface area contributed by atoms with E-state index < -0.39 is 29.6 Å². The van der Waals surface area contributed by atoms with Gasteiger partial charge in [-0.15, -0.1) is 0 Å². The summed E-state index contributed by atoms with van der Waals surface area (Å²) in [6.45, 7) is 4.09. The van der Waals surface area contributed by atoms with E-state index >= 15 is 0 Å². The van der Waals surface area contributed by atoms with E-state index in [4.69, 9.17) is 0 Å². The SMILES string of the molecule is Cc1cc([C@H]2C3=CC[C@@H]4C(=O)N(Cc5ccccc5)C(=O)[C@@H]4[C@@H]3C[C@H]3C(=O)N(Cc4ccccc4)C(=O)[C@@H]23)cc(C)c1O. The van der Waals surface area contributed by atoms with Crippen LogP contribution in [0.2, 0.25) is 0 Å². The van der Waals surface area contributed by atoms with Crippen LogP contribution < -0.4 is 0 Å². The minimum atomic E-state index is -0.605. The molecule has 0 radical (unpaired) electrons. The van der Waals surface area contributed by atoms with E-state index in [9.17, 15) is 24.3 Å². The van der Waals surface area contributed by atoms with E-state index in [2.05, 4.69) is 6.08 Å². The minimum Gasteiger partial charge on any atom is -0.507 e. The third kappa shape index (κ3) is 4.32. The Balaban J connectivity index is 1.29. The molecule has 43 heavy (non-hydrogen) atoms. The van der Waals surface area contributed by atoms with E-state index in [-0.39, 0.29) is 48.4 Å². The van der Waals surface area contributed by atoms with Crippen molar-refractivity contribution in [3.63, 3.8) is 0 Å². The summed E-state index contributed by atoms with van der Waals surface area (Å²) in [6, 6.07) is 22.8. The Morgan fingerprint density at radius 1 is 0.674 bits per heavy atom. The lowest BCUT2D eigenvalue weighted by atomic mass is 9.57. The number of imide groups is 2. The van der Waals surface area contributed by atoms with Crippen LogP contribution in [0, 0.1) is 43.4 Å². The minimum absolute atomic E-state index is 0.163. The number of carbonyl (C=O) groups is 4. The smallest absolute Gasteiger partial charge is 0.234 e. The normalized spacial score (nSPS) is 28.1. The maximum absolute atomic E-state index is 14.1. The molecule has 7 heteroatoms. The van der Waals surface area contributed by atoms with E-state index in [1.807, 2.05) is 86.6 Å². The Bertz CT molecular complexity index is 1660. The van der Waals surface area contributed by atoms with Gasteiger partial charge in [0.1, 0.15) is 5.75 Å². The van der Waals surface area contributed by atoms with Crippen LogP contribution in [-0.4, -0.2) is 38.5 Å². The third-order valence-electron chi connectivity index (χ3n) is 10.1. The fourth-order valence-electron chi connectivity index (χ4n) is 8.11. The Kier molecular flexibility index (Phi) is 6.56. The lowest BCUT2D eigenvalue weighted by Crippen LogP contribution is -2.43. The number of hydrogen-bond acceptors (Lipinski definition) is 5. The van der Waals surface area contributed by atoms with Crippen LogP contribution in [0.5, 0.6) is 5.75 Å². The average molecular weight is 575 g/mol. The Hall–Kier alpha value is -4.52. The standard InChI is InChI=1S/C36H34N2O5/c1-20-15-24(16-21(2)32(20)39)29-25-13-14-26-30(35(42)37(33(26)40)18-22-9-5-3-6-10-22)27(25)17-28-31(29)36(43)38(34(28)41)19-23-11-7-4-8-12-23/h3-13,15-16,26-31,39H,14,17-19H2,1-2H3/t26-,27+,28+,29-,30-,31+/m0/s1. The van der Waals surface area contributed by atoms with Crippen molar-refractivity contribution in [1.29, 1.82) is 0 Å². The number of nitrogens with zero attached hydrogens (tertiary/aromatic N) is 2. The molecule has 0 unspecified atom stereocenters. The largest absolute Gasteiger partial charge is 0.507 e. The molecule has 7 rings (SSSR count). The number of likely N-dealkylation sites (tertiary alicyclic amines) is 2. The van der Waals surface area contributed by atoms with Crippen molar-refractivity contribution in [3.05, 3.63) is 112 Å². The van der Waals surface area contributed by atoms with Gasteiger partial charge in [0.05, 0.1) is 36.8 Å². The van der Waals surface area contributed by atoms with Crippen LogP contribution in [0.1, 0.15) is 46.6 Å². The molecular formula is C36H34N2O5. The molecule has 0 spiro atoms. The number of fused-ring (bicyclic) bond motifs is 4. The van der Waals surface area contributed by atoms with Crippen LogP contribution >= 0.6 is 0 Å². The molecule has 1 N–H and O–H groups in total. The Morgan fingerprint density at radius 3 is 1.74 bits per heavy atom. The number of hydrogen-bond donors (Lipinski definition) is 1. The quantitative estimate of drug-likeness (QED) is 0.340. The van der Waals surface area contributed by atoms with Crippen molar-refractivity contribution >= 4 is 23.6 Å². The summed E-state index contributed by atoms with van der Waals surface area (Å²) in [5.74, 6) is -3.55. The van der Waals surface area contributed by atoms with Crippen LogP contribution in [0.4, 0.5) is 0 Å². The molecular weight excluding hydrogens is 540 g/mol.